The molecule has 134 valence electrons. The number of hydrogen-bond acceptors (Lipinski definition) is 5. The van der Waals surface area contributed by atoms with Crippen LogP contribution in [-0.4, -0.2) is 17.5 Å². The van der Waals surface area contributed by atoms with Gasteiger partial charge in [0.25, 0.3) is 0 Å². The molecule has 1 aliphatic carbocycles. The summed E-state index contributed by atoms with van der Waals surface area (Å²) in [6, 6.07) is 1.84. The zero-order valence-electron chi connectivity index (χ0n) is 14.7. The van der Waals surface area contributed by atoms with Crippen LogP contribution in [0.3, 0.4) is 0 Å². The fraction of sp³-hybridized carbons (Fsp3) is 0.600. The lowest BCUT2D eigenvalue weighted by atomic mass is 9.51. The van der Waals surface area contributed by atoms with Crippen molar-refractivity contribution in [2.75, 3.05) is 0 Å². The number of furan rings is 1. The molecule has 3 heterocycles. The Hall–Kier alpha value is -2.04. The van der Waals surface area contributed by atoms with Gasteiger partial charge in [-0.3, -0.25) is 9.59 Å². The summed E-state index contributed by atoms with van der Waals surface area (Å²) in [5.41, 5.74) is 0.333. The molecular formula is C20H24O5. The number of fused-ring (bicyclic) bond motifs is 2. The van der Waals surface area contributed by atoms with Gasteiger partial charge in [-0.15, -0.1) is 0 Å². The van der Waals surface area contributed by atoms with Gasteiger partial charge in [-0.25, -0.2) is 0 Å². The molecule has 0 bridgehead atoms. The second kappa shape index (κ2) is 5.48. The van der Waals surface area contributed by atoms with Gasteiger partial charge in [-0.05, 0) is 43.7 Å². The molecule has 1 aromatic rings. The third-order valence-electron chi connectivity index (χ3n) is 6.74. The fourth-order valence-electron chi connectivity index (χ4n) is 5.35. The molecule has 1 saturated carbocycles. The summed E-state index contributed by atoms with van der Waals surface area (Å²) in [6.45, 7) is 8.15. The van der Waals surface area contributed by atoms with Crippen LogP contribution in [0.5, 0.6) is 0 Å². The lowest BCUT2D eigenvalue weighted by Crippen LogP contribution is -2.60. The summed E-state index contributed by atoms with van der Waals surface area (Å²) in [5, 5.41) is 0. The monoisotopic (exact) mass is 344 g/mol. The van der Waals surface area contributed by atoms with Crippen LogP contribution in [0.2, 0.25) is 0 Å². The third kappa shape index (κ3) is 2.14. The summed E-state index contributed by atoms with van der Waals surface area (Å²) in [5.74, 6) is -0.268. The summed E-state index contributed by atoms with van der Waals surface area (Å²) >= 11 is 0. The van der Waals surface area contributed by atoms with Crippen molar-refractivity contribution < 1.29 is 23.5 Å². The van der Waals surface area contributed by atoms with Crippen molar-refractivity contribution in [3.05, 3.63) is 36.3 Å². The van der Waals surface area contributed by atoms with E-state index in [-0.39, 0.29) is 29.9 Å². The van der Waals surface area contributed by atoms with Crippen molar-refractivity contribution in [1.82, 2.24) is 0 Å². The highest BCUT2D eigenvalue weighted by atomic mass is 16.6. The first-order valence-corrected chi connectivity index (χ1v) is 9.01. The summed E-state index contributed by atoms with van der Waals surface area (Å²) in [4.78, 5) is 25.2. The van der Waals surface area contributed by atoms with Gasteiger partial charge in [0.15, 0.2) is 0 Å². The van der Waals surface area contributed by atoms with Crippen molar-refractivity contribution in [1.29, 1.82) is 0 Å². The van der Waals surface area contributed by atoms with E-state index < -0.39 is 11.0 Å². The maximum atomic E-state index is 13.1. The zero-order chi connectivity index (χ0) is 17.8. The second-order valence-corrected chi connectivity index (χ2v) is 7.87. The van der Waals surface area contributed by atoms with Crippen LogP contribution < -0.4 is 0 Å². The summed E-state index contributed by atoms with van der Waals surface area (Å²) in [7, 11) is 0. The van der Waals surface area contributed by atoms with Gasteiger partial charge < -0.3 is 13.9 Å². The third-order valence-corrected chi connectivity index (χ3v) is 6.74. The van der Waals surface area contributed by atoms with Gasteiger partial charge in [0.2, 0.25) is 0 Å². The Morgan fingerprint density at radius 2 is 2.12 bits per heavy atom. The SMILES string of the molecule is C=C(C)C12CCC(C)C3(CC(c4ccoc4)OC3=O)C1CCC(=O)O2. The molecule has 3 fully saturated rings. The average molecular weight is 344 g/mol. The van der Waals surface area contributed by atoms with Crippen LogP contribution in [0.25, 0.3) is 0 Å². The molecule has 0 amide bonds. The molecule has 0 aromatic carbocycles. The van der Waals surface area contributed by atoms with Crippen molar-refractivity contribution in [3.8, 4) is 0 Å². The summed E-state index contributed by atoms with van der Waals surface area (Å²) in [6.07, 6.45) is 6.06. The molecule has 5 nitrogen and oxygen atoms in total. The van der Waals surface area contributed by atoms with E-state index in [1.54, 1.807) is 12.5 Å². The van der Waals surface area contributed by atoms with E-state index >= 15 is 0 Å². The minimum Gasteiger partial charge on any atom is -0.472 e. The number of rotatable bonds is 2. The number of carbonyl (C=O) groups excluding carboxylic acids is 2. The topological polar surface area (TPSA) is 65.7 Å². The first-order chi connectivity index (χ1) is 11.9. The fourth-order valence-corrected chi connectivity index (χ4v) is 5.35. The van der Waals surface area contributed by atoms with E-state index in [0.29, 0.717) is 19.3 Å². The highest BCUT2D eigenvalue weighted by Crippen LogP contribution is 2.63. The highest BCUT2D eigenvalue weighted by Gasteiger charge is 2.67. The normalized spacial score (nSPS) is 40.5. The predicted molar refractivity (Wildman–Crippen MR) is 89.4 cm³/mol. The lowest BCUT2D eigenvalue weighted by Gasteiger charge is -2.56. The minimum atomic E-state index is -0.744. The number of carbonyl (C=O) groups is 2. The van der Waals surface area contributed by atoms with Gasteiger partial charge in [0, 0.05) is 24.3 Å². The molecule has 5 atom stereocenters. The molecule has 3 aliphatic rings. The molecule has 2 aliphatic heterocycles. The van der Waals surface area contributed by atoms with Crippen LogP contribution in [0.15, 0.2) is 35.2 Å². The molecule has 2 saturated heterocycles. The Labute approximate surface area is 147 Å². The number of hydrogen-bond donors (Lipinski definition) is 0. The first-order valence-electron chi connectivity index (χ1n) is 9.01. The molecular weight excluding hydrogens is 320 g/mol. The van der Waals surface area contributed by atoms with E-state index in [1.807, 2.05) is 13.0 Å². The van der Waals surface area contributed by atoms with Crippen LogP contribution in [-0.2, 0) is 19.1 Å². The molecule has 1 spiro atoms. The van der Waals surface area contributed by atoms with E-state index in [2.05, 4.69) is 13.5 Å². The first kappa shape index (κ1) is 16.4. The number of ether oxygens (including phenoxy) is 2. The molecule has 1 aromatic heterocycles. The standard InChI is InChI=1S/C20H24O5/c1-12(2)20-8-6-13(3)19(16(20)4-5-17(21)25-20)10-15(24-18(19)22)14-7-9-23-11-14/h7,9,11,13,15-16H,1,4-6,8,10H2,2-3H3. The van der Waals surface area contributed by atoms with E-state index in [9.17, 15) is 9.59 Å². The number of esters is 2. The molecule has 0 N–H and O–H groups in total. The largest absolute Gasteiger partial charge is 0.472 e. The molecule has 0 radical (unpaired) electrons. The maximum Gasteiger partial charge on any atom is 0.313 e. The predicted octanol–water partition coefficient (Wildman–Crippen LogP) is 3.95. The molecule has 5 heteroatoms. The quantitative estimate of drug-likeness (QED) is 0.600. The van der Waals surface area contributed by atoms with Gasteiger partial charge in [-0.2, -0.15) is 0 Å². The van der Waals surface area contributed by atoms with E-state index in [0.717, 1.165) is 24.0 Å². The maximum absolute atomic E-state index is 13.1. The van der Waals surface area contributed by atoms with Crippen molar-refractivity contribution >= 4 is 11.9 Å². The van der Waals surface area contributed by atoms with Gasteiger partial charge >= 0.3 is 11.9 Å². The molecule has 4 rings (SSSR count). The Morgan fingerprint density at radius 1 is 1.32 bits per heavy atom. The Balaban J connectivity index is 1.78. The Bertz CT molecular complexity index is 720. The van der Waals surface area contributed by atoms with Crippen LogP contribution in [0.1, 0.15) is 57.6 Å². The highest BCUT2D eigenvalue weighted by molar-refractivity contribution is 5.82. The van der Waals surface area contributed by atoms with Crippen molar-refractivity contribution in [2.45, 2.75) is 57.7 Å². The molecule has 25 heavy (non-hydrogen) atoms. The van der Waals surface area contributed by atoms with Gasteiger partial charge in [0.05, 0.1) is 17.9 Å². The van der Waals surface area contributed by atoms with Gasteiger partial charge in [0.1, 0.15) is 11.7 Å². The van der Waals surface area contributed by atoms with E-state index in [4.69, 9.17) is 13.9 Å². The zero-order valence-corrected chi connectivity index (χ0v) is 14.7. The second-order valence-electron chi connectivity index (χ2n) is 7.87. The minimum absolute atomic E-state index is 0.0802. The Kier molecular flexibility index (Phi) is 3.60. The Morgan fingerprint density at radius 3 is 2.80 bits per heavy atom. The smallest absolute Gasteiger partial charge is 0.313 e. The number of cyclic esters (lactones) is 1. The van der Waals surface area contributed by atoms with Crippen LogP contribution in [0.4, 0.5) is 0 Å². The summed E-state index contributed by atoms with van der Waals surface area (Å²) < 4.78 is 16.9. The average Bonchev–Trinajstić information content (AvgIpc) is 3.20. The van der Waals surface area contributed by atoms with Crippen molar-refractivity contribution in [3.63, 3.8) is 0 Å². The lowest BCUT2D eigenvalue weighted by molar-refractivity contribution is -0.199. The van der Waals surface area contributed by atoms with Crippen LogP contribution >= 0.6 is 0 Å². The van der Waals surface area contributed by atoms with Crippen molar-refractivity contribution in [2.24, 2.45) is 17.3 Å². The van der Waals surface area contributed by atoms with Gasteiger partial charge in [-0.1, -0.05) is 13.5 Å². The van der Waals surface area contributed by atoms with Crippen LogP contribution in [0, 0.1) is 17.3 Å². The van der Waals surface area contributed by atoms with E-state index in [1.165, 1.54) is 0 Å². The molecule has 5 unspecified atom stereocenters.